The zero-order valence-corrected chi connectivity index (χ0v) is 39.8. The average Bonchev–Trinajstić information content (AvgIpc) is 3.19. The van der Waals surface area contributed by atoms with Gasteiger partial charge in [-0.2, -0.15) is 0 Å². The van der Waals surface area contributed by atoms with E-state index in [0.717, 1.165) is 75.5 Å². The lowest BCUT2D eigenvalue weighted by molar-refractivity contribution is -0.167. The maximum absolute atomic E-state index is 12.7. The first-order chi connectivity index (χ1) is 28.1. The highest BCUT2D eigenvalue weighted by Gasteiger charge is 2.19. The van der Waals surface area contributed by atoms with Gasteiger partial charge in [0.15, 0.2) is 6.10 Å². The van der Waals surface area contributed by atoms with Crippen molar-refractivity contribution >= 4 is 17.9 Å². The van der Waals surface area contributed by atoms with Crippen molar-refractivity contribution in [3.63, 3.8) is 0 Å². The molecule has 1 unspecified atom stereocenters. The molecule has 0 aromatic carbocycles. The normalized spacial score (nSPS) is 12.6. The van der Waals surface area contributed by atoms with Crippen LogP contribution >= 0.6 is 0 Å². The maximum atomic E-state index is 12.7. The Balaban J connectivity index is 4.29. The van der Waals surface area contributed by atoms with Crippen molar-refractivity contribution in [1.29, 1.82) is 0 Å². The van der Waals surface area contributed by atoms with Crippen LogP contribution in [0.15, 0.2) is 0 Å². The average molecular weight is 821 g/mol. The van der Waals surface area contributed by atoms with E-state index in [-0.39, 0.29) is 31.1 Å². The summed E-state index contributed by atoms with van der Waals surface area (Å²) in [5.74, 6) is 1.63. The van der Waals surface area contributed by atoms with Crippen molar-refractivity contribution in [3.8, 4) is 0 Å². The van der Waals surface area contributed by atoms with Gasteiger partial charge in [0, 0.05) is 19.3 Å². The Bertz CT molecular complexity index is 900. The van der Waals surface area contributed by atoms with E-state index in [1.807, 2.05) is 0 Å². The number of hydrogen-bond acceptors (Lipinski definition) is 6. The molecule has 0 amide bonds. The van der Waals surface area contributed by atoms with Crippen LogP contribution in [0.2, 0.25) is 0 Å². The molecule has 0 spiro atoms. The molecule has 0 N–H and O–H groups in total. The SMILES string of the molecule is CCC(C)CCCCCCCCCCC(=O)OC[C@@H](COC(=O)CCCCCCCCCCCCCCCCC(C)C)OC(=O)CCCCCCCCCCC(C)C. The van der Waals surface area contributed by atoms with Gasteiger partial charge in [0.25, 0.3) is 0 Å². The molecule has 0 rings (SSSR count). The Morgan fingerprint density at radius 3 is 0.897 bits per heavy atom. The second-order valence-electron chi connectivity index (χ2n) is 19.0. The highest BCUT2D eigenvalue weighted by atomic mass is 16.6. The third-order valence-electron chi connectivity index (χ3n) is 12.0. The van der Waals surface area contributed by atoms with Gasteiger partial charge in [-0.15, -0.1) is 0 Å². The van der Waals surface area contributed by atoms with Crippen LogP contribution in [0, 0.1) is 17.8 Å². The van der Waals surface area contributed by atoms with Crippen LogP contribution in [0.1, 0.15) is 279 Å². The van der Waals surface area contributed by atoms with Gasteiger partial charge >= 0.3 is 17.9 Å². The van der Waals surface area contributed by atoms with Crippen molar-refractivity contribution in [1.82, 2.24) is 0 Å². The molecule has 0 aromatic rings. The van der Waals surface area contributed by atoms with Crippen molar-refractivity contribution in [2.24, 2.45) is 17.8 Å². The number of unbranched alkanes of at least 4 members (excludes halogenated alkanes) is 27. The Labute approximate surface area is 361 Å². The number of hydrogen-bond donors (Lipinski definition) is 0. The van der Waals surface area contributed by atoms with Gasteiger partial charge in [-0.3, -0.25) is 14.4 Å². The van der Waals surface area contributed by atoms with Gasteiger partial charge in [-0.25, -0.2) is 0 Å². The van der Waals surface area contributed by atoms with Crippen LogP contribution in [0.25, 0.3) is 0 Å². The van der Waals surface area contributed by atoms with Gasteiger partial charge in [0.2, 0.25) is 0 Å². The third-order valence-corrected chi connectivity index (χ3v) is 12.0. The topological polar surface area (TPSA) is 78.9 Å². The first kappa shape index (κ1) is 56.4. The van der Waals surface area contributed by atoms with Gasteiger partial charge in [0.1, 0.15) is 13.2 Å². The molecule has 0 aliphatic heterocycles. The van der Waals surface area contributed by atoms with E-state index in [0.29, 0.717) is 19.3 Å². The second kappa shape index (κ2) is 43.5. The standard InChI is InChI=1S/C52H100O6/c1-7-48(6)40-34-28-22-17-19-24-30-36-42-51(54)57-45-49(58-52(55)43-37-31-25-18-16-21-27-33-39-47(4)5)44-56-50(53)41-35-29-23-15-13-11-9-8-10-12-14-20-26-32-38-46(2)3/h46-49H,7-45H2,1-6H3/t48?,49-/m1/s1. The molecule has 2 atom stereocenters. The molecule has 0 aliphatic rings. The van der Waals surface area contributed by atoms with Crippen LogP contribution in [-0.4, -0.2) is 37.2 Å². The predicted octanol–water partition coefficient (Wildman–Crippen LogP) is 16.4. The Morgan fingerprint density at radius 2 is 0.603 bits per heavy atom. The van der Waals surface area contributed by atoms with E-state index in [9.17, 15) is 14.4 Å². The predicted molar refractivity (Wildman–Crippen MR) is 247 cm³/mol. The largest absolute Gasteiger partial charge is 0.462 e. The molecule has 0 saturated carbocycles. The summed E-state index contributed by atoms with van der Waals surface area (Å²) in [6.45, 7) is 13.7. The van der Waals surface area contributed by atoms with E-state index >= 15 is 0 Å². The summed E-state index contributed by atoms with van der Waals surface area (Å²) in [5.41, 5.74) is 0. The summed E-state index contributed by atoms with van der Waals surface area (Å²) in [6.07, 6.45) is 42.3. The minimum Gasteiger partial charge on any atom is -0.462 e. The van der Waals surface area contributed by atoms with Crippen molar-refractivity contribution in [2.45, 2.75) is 285 Å². The summed E-state index contributed by atoms with van der Waals surface area (Å²) in [7, 11) is 0. The fourth-order valence-corrected chi connectivity index (χ4v) is 7.73. The van der Waals surface area contributed by atoms with Gasteiger partial charge in [-0.05, 0) is 37.0 Å². The molecule has 0 heterocycles. The lowest BCUT2D eigenvalue weighted by atomic mass is 9.99. The lowest BCUT2D eigenvalue weighted by Gasteiger charge is -2.18. The molecule has 0 aromatic heterocycles. The van der Waals surface area contributed by atoms with E-state index in [4.69, 9.17) is 14.2 Å². The van der Waals surface area contributed by atoms with Gasteiger partial charge < -0.3 is 14.2 Å². The molecule has 0 aliphatic carbocycles. The smallest absolute Gasteiger partial charge is 0.306 e. The van der Waals surface area contributed by atoms with E-state index in [2.05, 4.69) is 41.5 Å². The van der Waals surface area contributed by atoms with Crippen molar-refractivity contribution in [2.75, 3.05) is 13.2 Å². The van der Waals surface area contributed by atoms with Crippen molar-refractivity contribution in [3.05, 3.63) is 0 Å². The highest BCUT2D eigenvalue weighted by molar-refractivity contribution is 5.71. The maximum Gasteiger partial charge on any atom is 0.306 e. The summed E-state index contributed by atoms with van der Waals surface area (Å²) in [5, 5.41) is 0. The fourth-order valence-electron chi connectivity index (χ4n) is 7.73. The van der Waals surface area contributed by atoms with Crippen LogP contribution < -0.4 is 0 Å². The monoisotopic (exact) mass is 821 g/mol. The molecule has 6 nitrogen and oxygen atoms in total. The number of carbonyl (C=O) groups is 3. The molecule has 0 bridgehead atoms. The van der Waals surface area contributed by atoms with Crippen molar-refractivity contribution < 1.29 is 28.6 Å². The molecule has 0 fully saturated rings. The molecular weight excluding hydrogens is 721 g/mol. The summed E-state index contributed by atoms with van der Waals surface area (Å²) < 4.78 is 16.8. The first-order valence-electron chi connectivity index (χ1n) is 25.6. The van der Waals surface area contributed by atoms with Crippen LogP contribution in [0.4, 0.5) is 0 Å². The third kappa shape index (κ3) is 44.0. The zero-order valence-electron chi connectivity index (χ0n) is 39.8. The van der Waals surface area contributed by atoms with Gasteiger partial charge in [0.05, 0.1) is 0 Å². The summed E-state index contributed by atoms with van der Waals surface area (Å²) >= 11 is 0. The van der Waals surface area contributed by atoms with Crippen LogP contribution in [0.5, 0.6) is 0 Å². The van der Waals surface area contributed by atoms with Crippen LogP contribution in [0.3, 0.4) is 0 Å². The first-order valence-corrected chi connectivity index (χ1v) is 25.6. The Morgan fingerprint density at radius 1 is 0.345 bits per heavy atom. The molecule has 0 saturated heterocycles. The number of rotatable bonds is 45. The number of ether oxygens (including phenoxy) is 3. The molecule has 58 heavy (non-hydrogen) atoms. The highest BCUT2D eigenvalue weighted by Crippen LogP contribution is 2.18. The van der Waals surface area contributed by atoms with E-state index < -0.39 is 6.10 Å². The summed E-state index contributed by atoms with van der Waals surface area (Å²) in [6, 6.07) is 0. The Hall–Kier alpha value is -1.59. The number of esters is 3. The minimum atomic E-state index is -0.763. The lowest BCUT2D eigenvalue weighted by Crippen LogP contribution is -2.30. The van der Waals surface area contributed by atoms with E-state index in [1.165, 1.54) is 161 Å². The summed E-state index contributed by atoms with van der Waals surface area (Å²) in [4.78, 5) is 37.9. The quantitative estimate of drug-likeness (QED) is 0.0346. The molecular formula is C52H100O6. The molecule has 344 valence electrons. The van der Waals surface area contributed by atoms with Crippen LogP contribution in [-0.2, 0) is 28.6 Å². The molecule has 6 heteroatoms. The minimum absolute atomic E-state index is 0.0653. The number of carbonyl (C=O) groups excluding carboxylic acids is 3. The van der Waals surface area contributed by atoms with E-state index in [1.54, 1.807) is 0 Å². The fraction of sp³-hybridized carbons (Fsp3) is 0.942. The van der Waals surface area contributed by atoms with Gasteiger partial charge in [-0.1, -0.05) is 241 Å². The molecule has 0 radical (unpaired) electrons. The second-order valence-corrected chi connectivity index (χ2v) is 19.0. The Kier molecular flexibility index (Phi) is 42.3. The zero-order chi connectivity index (χ0) is 42.7.